The molecule has 5 nitrogen and oxygen atoms in total. The van der Waals surface area contributed by atoms with Gasteiger partial charge in [0.25, 0.3) is 5.91 Å². The molecule has 0 heterocycles. The Bertz CT molecular complexity index is 750. The number of rotatable bonds is 6. The van der Waals surface area contributed by atoms with Gasteiger partial charge in [-0.25, -0.2) is 0 Å². The van der Waals surface area contributed by atoms with Crippen LogP contribution in [0.1, 0.15) is 26.3 Å². The van der Waals surface area contributed by atoms with E-state index in [9.17, 15) is 9.59 Å². The minimum atomic E-state index is -0.377. The molecular formula is C20H23ClN2O3. The number of carbonyl (C=O) groups excluding carboxylic acids is 2. The zero-order chi connectivity index (χ0) is 19.2. The van der Waals surface area contributed by atoms with Crippen LogP contribution in [-0.4, -0.2) is 25.0 Å². The number of amides is 2. The van der Waals surface area contributed by atoms with Crippen LogP contribution >= 0.6 is 11.6 Å². The molecule has 0 aliphatic heterocycles. The lowest BCUT2D eigenvalue weighted by Gasteiger charge is -2.19. The van der Waals surface area contributed by atoms with Crippen molar-refractivity contribution in [2.45, 2.75) is 26.2 Å². The Morgan fingerprint density at radius 3 is 2.15 bits per heavy atom. The van der Waals surface area contributed by atoms with Crippen molar-refractivity contribution in [3.8, 4) is 5.75 Å². The third-order valence-electron chi connectivity index (χ3n) is 3.66. The monoisotopic (exact) mass is 374 g/mol. The molecule has 2 N–H and O–H groups in total. The first-order chi connectivity index (χ1) is 12.2. The van der Waals surface area contributed by atoms with Crippen molar-refractivity contribution >= 4 is 29.1 Å². The van der Waals surface area contributed by atoms with Crippen molar-refractivity contribution in [3.05, 3.63) is 59.1 Å². The molecule has 6 heteroatoms. The van der Waals surface area contributed by atoms with Gasteiger partial charge in [0.2, 0.25) is 5.91 Å². The summed E-state index contributed by atoms with van der Waals surface area (Å²) in [6, 6.07) is 14.4. The standard InChI is InChI=1S/C20H23ClN2O3/c1-20(2,3)14-4-8-16(9-5-14)23-18(24)12-22-19(25)13-26-17-10-6-15(21)7-11-17/h4-11H,12-13H2,1-3H3,(H,22,25)(H,23,24). The van der Waals surface area contributed by atoms with E-state index >= 15 is 0 Å². The number of carbonyl (C=O) groups is 2. The van der Waals surface area contributed by atoms with E-state index in [1.54, 1.807) is 24.3 Å². The Hall–Kier alpha value is -2.53. The van der Waals surface area contributed by atoms with Crippen molar-refractivity contribution in [2.24, 2.45) is 0 Å². The van der Waals surface area contributed by atoms with Crippen molar-refractivity contribution in [1.82, 2.24) is 5.32 Å². The van der Waals surface area contributed by atoms with Crippen LogP contribution in [0.25, 0.3) is 0 Å². The maximum atomic E-state index is 11.9. The van der Waals surface area contributed by atoms with Gasteiger partial charge in [-0.1, -0.05) is 44.5 Å². The number of nitrogens with one attached hydrogen (secondary N) is 2. The van der Waals surface area contributed by atoms with Crippen LogP contribution in [0.5, 0.6) is 5.75 Å². The largest absolute Gasteiger partial charge is 0.484 e. The maximum Gasteiger partial charge on any atom is 0.258 e. The van der Waals surface area contributed by atoms with Gasteiger partial charge < -0.3 is 15.4 Å². The number of halogens is 1. The fourth-order valence-electron chi connectivity index (χ4n) is 2.17. The van der Waals surface area contributed by atoms with Crippen LogP contribution in [0.15, 0.2) is 48.5 Å². The molecule has 2 aromatic carbocycles. The third kappa shape index (κ3) is 6.41. The summed E-state index contributed by atoms with van der Waals surface area (Å²) in [7, 11) is 0. The smallest absolute Gasteiger partial charge is 0.258 e. The molecule has 0 aliphatic carbocycles. The van der Waals surface area contributed by atoms with Crippen LogP contribution in [0, 0.1) is 0 Å². The average molecular weight is 375 g/mol. The van der Waals surface area contributed by atoms with Crippen LogP contribution in [0.4, 0.5) is 5.69 Å². The number of hydrogen-bond acceptors (Lipinski definition) is 3. The van der Waals surface area contributed by atoms with Gasteiger partial charge in [0.05, 0.1) is 6.54 Å². The quantitative estimate of drug-likeness (QED) is 0.808. The zero-order valence-corrected chi connectivity index (χ0v) is 15.9. The van der Waals surface area contributed by atoms with E-state index in [0.29, 0.717) is 16.5 Å². The van der Waals surface area contributed by atoms with Gasteiger partial charge in [-0.3, -0.25) is 9.59 Å². The lowest BCUT2D eigenvalue weighted by atomic mass is 9.87. The van der Waals surface area contributed by atoms with E-state index in [-0.39, 0.29) is 30.4 Å². The molecule has 2 aromatic rings. The summed E-state index contributed by atoms with van der Waals surface area (Å²) in [6.45, 7) is 6.09. The highest BCUT2D eigenvalue weighted by molar-refractivity contribution is 6.30. The van der Waals surface area contributed by atoms with Crippen LogP contribution in [0.3, 0.4) is 0 Å². The molecule has 0 radical (unpaired) electrons. The predicted octanol–water partition coefficient (Wildman–Crippen LogP) is 3.77. The summed E-state index contributed by atoms with van der Waals surface area (Å²) in [5, 5.41) is 5.86. The zero-order valence-electron chi connectivity index (χ0n) is 15.1. The van der Waals surface area contributed by atoms with Gasteiger partial charge in [0.15, 0.2) is 6.61 Å². The van der Waals surface area contributed by atoms with E-state index in [1.165, 1.54) is 5.56 Å². The van der Waals surface area contributed by atoms with Gasteiger partial charge in [-0.15, -0.1) is 0 Å². The highest BCUT2D eigenvalue weighted by atomic mass is 35.5. The van der Waals surface area contributed by atoms with Crippen molar-refractivity contribution < 1.29 is 14.3 Å². The van der Waals surface area contributed by atoms with E-state index < -0.39 is 0 Å². The number of anilines is 1. The highest BCUT2D eigenvalue weighted by Gasteiger charge is 2.13. The molecule has 2 rings (SSSR count). The second-order valence-electron chi connectivity index (χ2n) is 6.89. The van der Waals surface area contributed by atoms with Gasteiger partial charge in [-0.05, 0) is 47.4 Å². The van der Waals surface area contributed by atoms with Crippen LogP contribution < -0.4 is 15.4 Å². The summed E-state index contributed by atoms with van der Waals surface area (Å²) in [5.41, 5.74) is 1.93. The SMILES string of the molecule is CC(C)(C)c1ccc(NC(=O)CNC(=O)COc2ccc(Cl)cc2)cc1. The summed E-state index contributed by atoms with van der Waals surface area (Å²) >= 11 is 5.78. The second-order valence-corrected chi connectivity index (χ2v) is 7.33. The van der Waals surface area contributed by atoms with E-state index in [1.807, 2.05) is 24.3 Å². The molecule has 0 aromatic heterocycles. The van der Waals surface area contributed by atoms with Crippen molar-refractivity contribution in [1.29, 1.82) is 0 Å². The molecule has 0 saturated heterocycles. The second kappa shape index (κ2) is 8.72. The van der Waals surface area contributed by atoms with Crippen molar-refractivity contribution in [3.63, 3.8) is 0 Å². The van der Waals surface area contributed by atoms with Gasteiger partial charge in [-0.2, -0.15) is 0 Å². The van der Waals surface area contributed by atoms with Crippen molar-refractivity contribution in [2.75, 3.05) is 18.5 Å². The Morgan fingerprint density at radius 1 is 0.962 bits per heavy atom. The Kier molecular flexibility index (Phi) is 6.64. The van der Waals surface area contributed by atoms with Gasteiger partial charge >= 0.3 is 0 Å². The Balaban J connectivity index is 1.74. The lowest BCUT2D eigenvalue weighted by Crippen LogP contribution is -2.35. The highest BCUT2D eigenvalue weighted by Crippen LogP contribution is 2.23. The maximum absolute atomic E-state index is 11.9. The molecule has 0 aliphatic rings. The molecule has 26 heavy (non-hydrogen) atoms. The van der Waals surface area contributed by atoms with Crippen LogP contribution in [0.2, 0.25) is 5.02 Å². The molecular weight excluding hydrogens is 352 g/mol. The molecule has 0 unspecified atom stereocenters. The molecule has 138 valence electrons. The van der Waals surface area contributed by atoms with Gasteiger partial charge in [0, 0.05) is 10.7 Å². The first-order valence-corrected chi connectivity index (χ1v) is 8.67. The first kappa shape index (κ1) is 19.8. The predicted molar refractivity (Wildman–Crippen MR) is 104 cm³/mol. The van der Waals surface area contributed by atoms with E-state index in [4.69, 9.17) is 16.3 Å². The Morgan fingerprint density at radius 2 is 1.58 bits per heavy atom. The first-order valence-electron chi connectivity index (χ1n) is 8.29. The fourth-order valence-corrected chi connectivity index (χ4v) is 2.29. The fraction of sp³-hybridized carbons (Fsp3) is 0.300. The lowest BCUT2D eigenvalue weighted by molar-refractivity contribution is -0.125. The number of benzene rings is 2. The molecule has 0 fully saturated rings. The Labute approximate surface area is 158 Å². The summed E-state index contributed by atoms with van der Waals surface area (Å²) < 4.78 is 5.32. The molecule has 0 bridgehead atoms. The number of hydrogen-bond donors (Lipinski definition) is 2. The minimum absolute atomic E-state index is 0.0562. The van der Waals surface area contributed by atoms with E-state index in [0.717, 1.165) is 0 Å². The average Bonchev–Trinajstić information content (AvgIpc) is 2.59. The van der Waals surface area contributed by atoms with Crippen LogP contribution in [-0.2, 0) is 15.0 Å². The molecule has 2 amide bonds. The molecule has 0 spiro atoms. The summed E-state index contributed by atoms with van der Waals surface area (Å²) in [4.78, 5) is 23.7. The topological polar surface area (TPSA) is 67.4 Å². The third-order valence-corrected chi connectivity index (χ3v) is 3.92. The summed E-state index contributed by atoms with van der Waals surface area (Å²) in [6.07, 6.45) is 0. The van der Waals surface area contributed by atoms with E-state index in [2.05, 4.69) is 31.4 Å². The summed E-state index contributed by atoms with van der Waals surface area (Å²) in [5.74, 6) is -0.139. The number of ether oxygens (including phenoxy) is 1. The minimum Gasteiger partial charge on any atom is -0.484 e. The molecule has 0 atom stereocenters. The normalized spacial score (nSPS) is 10.9. The van der Waals surface area contributed by atoms with Gasteiger partial charge in [0.1, 0.15) is 5.75 Å². The molecule has 0 saturated carbocycles.